The zero-order valence-electron chi connectivity index (χ0n) is 17.3. The van der Waals surface area contributed by atoms with Gasteiger partial charge in [0.1, 0.15) is 5.69 Å². The number of rotatable bonds is 6. The van der Waals surface area contributed by atoms with Gasteiger partial charge in [0, 0.05) is 40.8 Å². The van der Waals surface area contributed by atoms with Crippen molar-refractivity contribution in [3.8, 4) is 0 Å². The molecule has 156 valence electrons. The molecule has 0 saturated carbocycles. The second kappa shape index (κ2) is 9.14. The van der Waals surface area contributed by atoms with Crippen LogP contribution in [0.2, 0.25) is 0 Å². The second-order valence-corrected chi connectivity index (χ2v) is 8.13. The number of carbonyl (C=O) groups excluding carboxylic acids is 1. The highest BCUT2D eigenvalue weighted by Crippen LogP contribution is 2.24. The quantitative estimate of drug-likeness (QED) is 0.450. The van der Waals surface area contributed by atoms with Gasteiger partial charge < -0.3 is 9.88 Å². The van der Waals surface area contributed by atoms with Gasteiger partial charge in [0.25, 0.3) is 11.5 Å². The molecule has 6 nitrogen and oxygen atoms in total. The van der Waals surface area contributed by atoms with Gasteiger partial charge in [0.2, 0.25) is 0 Å². The molecule has 1 N–H and O–H groups in total. The van der Waals surface area contributed by atoms with Crippen LogP contribution in [0.5, 0.6) is 0 Å². The third kappa shape index (κ3) is 4.67. The van der Waals surface area contributed by atoms with Crippen molar-refractivity contribution in [1.29, 1.82) is 0 Å². The van der Waals surface area contributed by atoms with Gasteiger partial charge in [0.15, 0.2) is 0 Å². The van der Waals surface area contributed by atoms with E-state index in [0.717, 1.165) is 21.9 Å². The number of amides is 1. The fourth-order valence-electron chi connectivity index (χ4n) is 3.32. The van der Waals surface area contributed by atoms with E-state index in [0.29, 0.717) is 23.3 Å². The highest BCUT2D eigenvalue weighted by atomic mass is 32.2. The van der Waals surface area contributed by atoms with E-state index in [1.165, 1.54) is 5.56 Å². The van der Waals surface area contributed by atoms with Gasteiger partial charge in [-0.25, -0.2) is 4.98 Å². The van der Waals surface area contributed by atoms with Crippen LogP contribution in [0, 0.1) is 6.92 Å². The minimum absolute atomic E-state index is 0.103. The normalized spacial score (nSPS) is 10.9. The summed E-state index contributed by atoms with van der Waals surface area (Å²) in [6, 6.07) is 17.0. The summed E-state index contributed by atoms with van der Waals surface area (Å²) in [7, 11) is 0. The molecule has 31 heavy (non-hydrogen) atoms. The summed E-state index contributed by atoms with van der Waals surface area (Å²) in [5.41, 5.74) is 4.06. The van der Waals surface area contributed by atoms with E-state index in [1.807, 2.05) is 49.5 Å². The van der Waals surface area contributed by atoms with E-state index in [1.54, 1.807) is 47.6 Å². The van der Waals surface area contributed by atoms with Gasteiger partial charge in [0.05, 0.1) is 11.0 Å². The SMILES string of the molecule is CCn1c(=O)c(C)nc2cc(C(=O)Nc3ccc(SCc4cccnc4)cc3)ccc21. The molecule has 0 spiro atoms. The lowest BCUT2D eigenvalue weighted by molar-refractivity contribution is 0.102. The van der Waals surface area contributed by atoms with Crippen LogP contribution in [-0.4, -0.2) is 20.4 Å². The molecule has 7 heteroatoms. The molecule has 4 aromatic rings. The lowest BCUT2D eigenvalue weighted by Gasteiger charge is -2.11. The van der Waals surface area contributed by atoms with E-state index in [2.05, 4.69) is 15.3 Å². The average molecular weight is 431 g/mol. The molecular formula is C24H22N4O2S. The molecule has 0 radical (unpaired) electrons. The molecule has 0 aliphatic carbocycles. The van der Waals surface area contributed by atoms with E-state index in [9.17, 15) is 9.59 Å². The van der Waals surface area contributed by atoms with E-state index >= 15 is 0 Å². The topological polar surface area (TPSA) is 76.9 Å². The monoisotopic (exact) mass is 430 g/mol. The largest absolute Gasteiger partial charge is 0.322 e. The molecule has 0 unspecified atom stereocenters. The molecule has 0 bridgehead atoms. The summed E-state index contributed by atoms with van der Waals surface area (Å²) < 4.78 is 1.67. The fourth-order valence-corrected chi connectivity index (χ4v) is 4.15. The Labute approximate surface area is 184 Å². The van der Waals surface area contributed by atoms with Crippen molar-refractivity contribution >= 4 is 34.4 Å². The number of nitrogens with one attached hydrogen (secondary N) is 1. The lowest BCUT2D eigenvalue weighted by atomic mass is 10.1. The van der Waals surface area contributed by atoms with E-state index in [4.69, 9.17) is 0 Å². The standard InChI is InChI=1S/C24H22N4O2S/c1-3-28-22-11-6-18(13-21(22)26-16(2)24(28)30)23(29)27-19-7-9-20(10-8-19)31-15-17-5-4-12-25-14-17/h4-14H,3,15H2,1-2H3,(H,27,29). The zero-order valence-corrected chi connectivity index (χ0v) is 18.1. The molecule has 2 aromatic heterocycles. The van der Waals surface area contributed by atoms with Crippen LogP contribution < -0.4 is 10.9 Å². The van der Waals surface area contributed by atoms with Crippen LogP contribution in [-0.2, 0) is 12.3 Å². The Morgan fingerprint density at radius 3 is 2.65 bits per heavy atom. The van der Waals surface area contributed by atoms with Gasteiger partial charge in [-0.2, -0.15) is 0 Å². The van der Waals surface area contributed by atoms with Gasteiger partial charge >= 0.3 is 0 Å². The first kappa shape index (κ1) is 20.8. The van der Waals surface area contributed by atoms with Gasteiger partial charge in [-0.1, -0.05) is 6.07 Å². The first-order valence-corrected chi connectivity index (χ1v) is 11.0. The number of thioether (sulfide) groups is 1. The number of hydrogen-bond donors (Lipinski definition) is 1. The van der Waals surface area contributed by atoms with E-state index < -0.39 is 0 Å². The molecule has 0 saturated heterocycles. The number of pyridine rings is 1. The number of aromatic nitrogens is 3. The van der Waals surface area contributed by atoms with Crippen LogP contribution in [0.1, 0.15) is 28.5 Å². The Bertz CT molecular complexity index is 1280. The molecule has 4 rings (SSSR count). The molecular weight excluding hydrogens is 408 g/mol. The predicted octanol–water partition coefficient (Wildman–Crippen LogP) is 4.66. The smallest absolute Gasteiger partial charge is 0.272 e. The van der Waals surface area contributed by atoms with Crippen molar-refractivity contribution in [3.05, 3.63) is 94.2 Å². The molecule has 2 aromatic carbocycles. The average Bonchev–Trinajstić information content (AvgIpc) is 2.80. The maximum atomic E-state index is 12.7. The van der Waals surface area contributed by atoms with Crippen LogP contribution >= 0.6 is 11.8 Å². The molecule has 2 heterocycles. The van der Waals surface area contributed by atoms with Crippen LogP contribution in [0.25, 0.3) is 11.0 Å². The van der Waals surface area contributed by atoms with Gasteiger partial charge in [-0.15, -0.1) is 11.8 Å². The molecule has 0 aliphatic rings. The Kier molecular flexibility index (Phi) is 6.13. The zero-order chi connectivity index (χ0) is 21.8. The first-order chi connectivity index (χ1) is 15.0. The summed E-state index contributed by atoms with van der Waals surface area (Å²) in [4.78, 5) is 34.6. The van der Waals surface area contributed by atoms with Crippen molar-refractivity contribution < 1.29 is 4.79 Å². The minimum Gasteiger partial charge on any atom is -0.322 e. The molecule has 0 aliphatic heterocycles. The number of anilines is 1. The third-order valence-electron chi connectivity index (χ3n) is 4.93. The first-order valence-electron chi connectivity index (χ1n) is 9.99. The second-order valence-electron chi connectivity index (χ2n) is 7.08. The number of carbonyl (C=O) groups is 1. The van der Waals surface area contributed by atoms with Crippen molar-refractivity contribution in [2.24, 2.45) is 0 Å². The minimum atomic E-state index is -0.216. The predicted molar refractivity (Wildman–Crippen MR) is 125 cm³/mol. The number of nitrogens with zero attached hydrogens (tertiary/aromatic N) is 3. The molecule has 0 atom stereocenters. The number of fused-ring (bicyclic) bond motifs is 1. The van der Waals surface area contributed by atoms with Crippen molar-refractivity contribution in [1.82, 2.24) is 14.5 Å². The van der Waals surface area contributed by atoms with Gasteiger partial charge in [-0.3, -0.25) is 14.6 Å². The highest BCUT2D eigenvalue weighted by molar-refractivity contribution is 7.98. The number of benzene rings is 2. The van der Waals surface area contributed by atoms with Crippen LogP contribution in [0.4, 0.5) is 5.69 Å². The summed E-state index contributed by atoms with van der Waals surface area (Å²) >= 11 is 1.72. The maximum absolute atomic E-state index is 12.7. The number of hydrogen-bond acceptors (Lipinski definition) is 5. The fraction of sp³-hybridized carbons (Fsp3) is 0.167. The Morgan fingerprint density at radius 1 is 1.13 bits per heavy atom. The third-order valence-corrected chi connectivity index (χ3v) is 6.01. The van der Waals surface area contributed by atoms with Crippen LogP contribution in [0.3, 0.4) is 0 Å². The Hall–Kier alpha value is -3.45. The Balaban J connectivity index is 1.47. The van der Waals surface area contributed by atoms with Crippen molar-refractivity contribution in [2.75, 3.05) is 5.32 Å². The summed E-state index contributed by atoms with van der Waals surface area (Å²) in [5, 5.41) is 2.92. The van der Waals surface area contributed by atoms with Crippen LogP contribution in [0.15, 0.2) is 76.7 Å². The maximum Gasteiger partial charge on any atom is 0.272 e. The number of aryl methyl sites for hydroxylation is 2. The summed E-state index contributed by atoms with van der Waals surface area (Å²) in [6.45, 7) is 4.16. The van der Waals surface area contributed by atoms with E-state index in [-0.39, 0.29) is 11.5 Å². The summed E-state index contributed by atoms with van der Waals surface area (Å²) in [6.07, 6.45) is 3.63. The summed E-state index contributed by atoms with van der Waals surface area (Å²) in [5.74, 6) is 0.623. The molecule has 0 fully saturated rings. The molecule has 1 amide bonds. The van der Waals surface area contributed by atoms with Crippen molar-refractivity contribution in [2.45, 2.75) is 31.0 Å². The van der Waals surface area contributed by atoms with Gasteiger partial charge in [-0.05, 0) is 67.9 Å². The lowest BCUT2D eigenvalue weighted by Crippen LogP contribution is -2.23. The van der Waals surface area contributed by atoms with Crippen molar-refractivity contribution in [3.63, 3.8) is 0 Å². The Morgan fingerprint density at radius 2 is 1.94 bits per heavy atom. The highest BCUT2D eigenvalue weighted by Gasteiger charge is 2.11.